The minimum Gasteiger partial charge on any atom is -0.462 e. The van der Waals surface area contributed by atoms with Gasteiger partial charge in [0.2, 0.25) is 0 Å². The molecule has 0 radical (unpaired) electrons. The summed E-state index contributed by atoms with van der Waals surface area (Å²) >= 11 is 8.31. The maximum Gasteiger partial charge on any atom is 0.330 e. The molecular weight excluding hydrogens is 352 g/mol. The molecule has 7 heteroatoms. The van der Waals surface area contributed by atoms with E-state index in [9.17, 15) is 9.59 Å². The Morgan fingerprint density at radius 2 is 1.83 bits per heavy atom. The summed E-state index contributed by atoms with van der Waals surface area (Å²) in [5, 5.41) is 0. The van der Waals surface area contributed by atoms with Crippen LogP contribution in [0.15, 0.2) is 43.0 Å². The Labute approximate surface area is 150 Å². The smallest absolute Gasteiger partial charge is 0.330 e. The van der Waals surface area contributed by atoms with E-state index in [1.54, 1.807) is 11.8 Å². The van der Waals surface area contributed by atoms with Crippen molar-refractivity contribution in [2.24, 2.45) is 0 Å². The van der Waals surface area contributed by atoms with Gasteiger partial charge in [-0.05, 0) is 5.56 Å². The van der Waals surface area contributed by atoms with Gasteiger partial charge in [-0.2, -0.15) is 0 Å². The van der Waals surface area contributed by atoms with E-state index < -0.39 is 5.97 Å². The van der Waals surface area contributed by atoms with E-state index in [-0.39, 0.29) is 25.6 Å². The molecule has 23 heavy (non-hydrogen) atoms. The third kappa shape index (κ3) is 10.1. The number of thiocarbonyl (C=S) groups is 1. The van der Waals surface area contributed by atoms with Crippen LogP contribution in [0.3, 0.4) is 0 Å². The zero-order chi connectivity index (χ0) is 16.9. The van der Waals surface area contributed by atoms with Crippen LogP contribution in [0.2, 0.25) is 0 Å². The maximum atomic E-state index is 11.5. The van der Waals surface area contributed by atoms with E-state index in [0.717, 1.165) is 15.4 Å². The number of carbonyl (C=O) groups excluding carboxylic acids is 2. The fourth-order valence-corrected chi connectivity index (χ4v) is 3.50. The number of esters is 2. The van der Waals surface area contributed by atoms with Gasteiger partial charge in [-0.15, -0.1) is 23.5 Å². The van der Waals surface area contributed by atoms with Crippen molar-refractivity contribution in [2.45, 2.75) is 12.2 Å². The Hall–Kier alpha value is -1.31. The molecule has 0 bridgehead atoms. The molecule has 0 heterocycles. The van der Waals surface area contributed by atoms with Gasteiger partial charge in [0.05, 0.1) is 6.42 Å². The second-order valence-electron chi connectivity index (χ2n) is 4.21. The molecule has 1 aromatic rings. The monoisotopic (exact) mass is 370 g/mol. The van der Waals surface area contributed by atoms with Gasteiger partial charge >= 0.3 is 11.9 Å². The topological polar surface area (TPSA) is 52.6 Å². The molecule has 1 aromatic carbocycles. The summed E-state index contributed by atoms with van der Waals surface area (Å²) in [4.78, 5) is 22.2. The Morgan fingerprint density at radius 1 is 1.13 bits per heavy atom. The number of thioether (sulfide) groups is 2. The lowest BCUT2D eigenvalue weighted by Gasteiger charge is -2.06. The maximum absolute atomic E-state index is 11.5. The number of hydrogen-bond donors (Lipinski definition) is 0. The molecule has 1 rings (SSSR count). The van der Waals surface area contributed by atoms with Crippen LogP contribution in [0, 0.1) is 0 Å². The van der Waals surface area contributed by atoms with E-state index in [1.807, 2.05) is 18.2 Å². The first-order chi connectivity index (χ1) is 11.1. The molecule has 0 aliphatic rings. The van der Waals surface area contributed by atoms with Gasteiger partial charge in [-0.3, -0.25) is 4.79 Å². The van der Waals surface area contributed by atoms with Crippen LogP contribution in [0.1, 0.15) is 12.0 Å². The highest BCUT2D eigenvalue weighted by Crippen LogP contribution is 2.22. The molecule has 124 valence electrons. The predicted molar refractivity (Wildman–Crippen MR) is 99.5 cm³/mol. The van der Waals surface area contributed by atoms with Gasteiger partial charge < -0.3 is 9.47 Å². The van der Waals surface area contributed by atoms with Crippen LogP contribution in [-0.2, 0) is 24.8 Å². The van der Waals surface area contributed by atoms with Gasteiger partial charge in [0.1, 0.15) is 16.7 Å². The summed E-state index contributed by atoms with van der Waals surface area (Å²) in [7, 11) is 0. The number of benzene rings is 1. The van der Waals surface area contributed by atoms with E-state index in [4.69, 9.17) is 21.7 Å². The van der Waals surface area contributed by atoms with E-state index in [1.165, 1.54) is 17.3 Å². The molecule has 4 nitrogen and oxygen atoms in total. The predicted octanol–water partition coefficient (Wildman–Crippen LogP) is 3.60. The van der Waals surface area contributed by atoms with Crippen LogP contribution in [0.5, 0.6) is 0 Å². The highest BCUT2D eigenvalue weighted by molar-refractivity contribution is 8.46. The summed E-state index contributed by atoms with van der Waals surface area (Å²) in [5.74, 6) is 0.540. The molecule has 0 saturated heterocycles. The average Bonchev–Trinajstić information content (AvgIpc) is 2.57. The SMILES string of the molecule is C=CC(=O)OCCOC(=O)CCSC(=S)SCc1ccccc1. The quantitative estimate of drug-likeness (QED) is 0.285. The fraction of sp³-hybridized carbons (Fsp3) is 0.312. The van der Waals surface area contributed by atoms with E-state index >= 15 is 0 Å². The van der Waals surface area contributed by atoms with Crippen molar-refractivity contribution < 1.29 is 19.1 Å². The van der Waals surface area contributed by atoms with Crippen molar-refractivity contribution in [1.82, 2.24) is 0 Å². The highest BCUT2D eigenvalue weighted by atomic mass is 32.2. The molecule has 0 aliphatic heterocycles. The van der Waals surface area contributed by atoms with E-state index in [0.29, 0.717) is 5.75 Å². The molecule has 0 atom stereocenters. The zero-order valence-electron chi connectivity index (χ0n) is 12.6. The number of hydrogen-bond acceptors (Lipinski definition) is 7. The molecule has 0 spiro atoms. The van der Waals surface area contributed by atoms with Gasteiger partial charge in [-0.1, -0.05) is 49.1 Å². The normalized spacial score (nSPS) is 9.91. The average molecular weight is 371 g/mol. The Kier molecular flexibility index (Phi) is 10.4. The summed E-state index contributed by atoms with van der Waals surface area (Å²) in [6, 6.07) is 10.1. The van der Waals surface area contributed by atoms with E-state index in [2.05, 4.69) is 18.7 Å². The van der Waals surface area contributed by atoms with Crippen LogP contribution in [0.25, 0.3) is 0 Å². The summed E-state index contributed by atoms with van der Waals surface area (Å²) in [6.07, 6.45) is 1.33. The minimum absolute atomic E-state index is 0.0368. The second kappa shape index (κ2) is 12.2. The lowest BCUT2D eigenvalue weighted by Crippen LogP contribution is -2.13. The Morgan fingerprint density at radius 3 is 2.52 bits per heavy atom. The third-order valence-corrected chi connectivity index (χ3v) is 5.25. The first-order valence-electron chi connectivity index (χ1n) is 6.90. The zero-order valence-corrected chi connectivity index (χ0v) is 15.0. The Bertz CT molecular complexity index is 531. The summed E-state index contributed by atoms with van der Waals surface area (Å²) in [5.41, 5.74) is 1.22. The lowest BCUT2D eigenvalue weighted by atomic mass is 10.2. The molecule has 0 saturated carbocycles. The van der Waals surface area contributed by atoms with Crippen molar-refractivity contribution in [1.29, 1.82) is 0 Å². The van der Waals surface area contributed by atoms with Gasteiger partial charge in [0.25, 0.3) is 0 Å². The molecule has 0 unspecified atom stereocenters. The standard InChI is InChI=1S/C16H18O4S3/c1-2-14(17)19-9-10-20-15(18)8-11-22-16(21)23-12-13-6-4-3-5-7-13/h2-7H,1,8-12H2. The minimum atomic E-state index is -0.530. The van der Waals surface area contributed by atoms with Crippen LogP contribution < -0.4 is 0 Å². The van der Waals surface area contributed by atoms with Gasteiger partial charge in [-0.25, -0.2) is 4.79 Å². The second-order valence-corrected chi connectivity index (χ2v) is 7.49. The summed E-state index contributed by atoms with van der Waals surface area (Å²) < 4.78 is 10.4. The largest absolute Gasteiger partial charge is 0.462 e. The van der Waals surface area contributed by atoms with Crippen molar-refractivity contribution in [3.8, 4) is 0 Å². The lowest BCUT2D eigenvalue weighted by molar-refractivity contribution is -0.149. The van der Waals surface area contributed by atoms with Gasteiger partial charge in [0.15, 0.2) is 0 Å². The fourth-order valence-electron chi connectivity index (χ4n) is 1.40. The molecule has 0 aliphatic carbocycles. The number of carbonyl (C=O) groups is 2. The number of ether oxygens (including phenoxy) is 2. The van der Waals surface area contributed by atoms with Crippen LogP contribution >= 0.6 is 35.7 Å². The summed E-state index contributed by atoms with van der Waals surface area (Å²) in [6.45, 7) is 3.36. The molecule has 0 amide bonds. The highest BCUT2D eigenvalue weighted by Gasteiger charge is 2.06. The van der Waals surface area contributed by atoms with Crippen LogP contribution in [-0.4, -0.2) is 34.4 Å². The first-order valence-corrected chi connectivity index (χ1v) is 9.28. The van der Waals surface area contributed by atoms with Gasteiger partial charge in [0, 0.05) is 17.6 Å². The van der Waals surface area contributed by atoms with Crippen molar-refractivity contribution in [3.63, 3.8) is 0 Å². The van der Waals surface area contributed by atoms with Crippen molar-refractivity contribution >= 4 is 51.2 Å². The van der Waals surface area contributed by atoms with Crippen molar-refractivity contribution in [2.75, 3.05) is 19.0 Å². The van der Waals surface area contributed by atoms with Crippen molar-refractivity contribution in [3.05, 3.63) is 48.6 Å². The Balaban J connectivity index is 2.04. The molecule has 0 fully saturated rings. The van der Waals surface area contributed by atoms with Crippen LogP contribution in [0.4, 0.5) is 0 Å². The molecular formula is C16H18O4S3. The number of rotatable bonds is 9. The molecule has 0 N–H and O–H groups in total. The first kappa shape index (κ1) is 19.7. The molecule has 0 aromatic heterocycles. The third-order valence-electron chi connectivity index (χ3n) is 2.48.